The van der Waals surface area contributed by atoms with Crippen molar-refractivity contribution in [2.24, 2.45) is 5.73 Å². The second kappa shape index (κ2) is 6.42. The maximum absolute atomic E-state index is 11.6. The van der Waals surface area contributed by atoms with Crippen LogP contribution in [0.3, 0.4) is 0 Å². The molecule has 0 rings (SSSR count). The number of hydrogen-bond donors (Lipinski definition) is 1. The number of likely N-dealkylation sites (N-methyl/N-ethyl adjacent to an activating group) is 1. The molecule has 0 spiro atoms. The van der Waals surface area contributed by atoms with Crippen LogP contribution in [0.4, 0.5) is 0 Å². The van der Waals surface area contributed by atoms with Crippen molar-refractivity contribution in [3.8, 4) is 0 Å². The fourth-order valence-corrected chi connectivity index (χ4v) is 2.14. The molecule has 6 heteroatoms. The highest BCUT2D eigenvalue weighted by Gasteiger charge is 2.18. The number of ether oxygens (including phenoxy) is 1. The number of rotatable bonds is 7. The third kappa shape index (κ3) is 6.83. The van der Waals surface area contributed by atoms with E-state index in [1.54, 1.807) is 6.92 Å². The van der Waals surface area contributed by atoms with Crippen LogP contribution in [0, 0.1) is 0 Å². The minimum atomic E-state index is -3.22. The monoisotopic (exact) mass is 238 g/mol. The molecule has 0 fully saturated rings. The number of nitrogens with two attached hydrogens (primary N) is 1. The maximum atomic E-state index is 11.6. The van der Waals surface area contributed by atoms with Crippen molar-refractivity contribution in [2.45, 2.75) is 32.9 Å². The lowest BCUT2D eigenvalue weighted by molar-refractivity contribution is 0.0907. The van der Waals surface area contributed by atoms with Gasteiger partial charge in [0, 0.05) is 19.6 Å². The minimum absolute atomic E-state index is 0.00833. The standard InChI is InChI=1S/C9H22N2O3S/c1-8(2)14-5-6-15(12,13)11(4)7-9(3)10/h8-9H,5-7,10H2,1-4H3. The summed E-state index contributed by atoms with van der Waals surface area (Å²) in [5.41, 5.74) is 5.53. The first-order valence-electron chi connectivity index (χ1n) is 5.07. The van der Waals surface area contributed by atoms with E-state index in [0.717, 1.165) is 0 Å². The maximum Gasteiger partial charge on any atom is 0.216 e. The van der Waals surface area contributed by atoms with Crippen LogP contribution in [0.2, 0.25) is 0 Å². The zero-order chi connectivity index (χ0) is 12.1. The summed E-state index contributed by atoms with van der Waals surface area (Å²) in [6.45, 7) is 6.08. The van der Waals surface area contributed by atoms with Crippen molar-refractivity contribution in [2.75, 3.05) is 26.0 Å². The molecule has 0 aliphatic carbocycles. The minimum Gasteiger partial charge on any atom is -0.378 e. The van der Waals surface area contributed by atoms with Gasteiger partial charge in [0.25, 0.3) is 0 Å². The van der Waals surface area contributed by atoms with E-state index in [2.05, 4.69) is 0 Å². The van der Waals surface area contributed by atoms with Gasteiger partial charge in [-0.2, -0.15) is 0 Å². The third-order valence-corrected chi connectivity index (χ3v) is 3.59. The first kappa shape index (κ1) is 14.8. The molecule has 92 valence electrons. The van der Waals surface area contributed by atoms with Gasteiger partial charge in [-0.3, -0.25) is 0 Å². The Labute approximate surface area is 92.6 Å². The molecule has 0 amide bonds. The van der Waals surface area contributed by atoms with Gasteiger partial charge in [-0.1, -0.05) is 0 Å². The van der Waals surface area contributed by atoms with Gasteiger partial charge in [-0.15, -0.1) is 0 Å². The fourth-order valence-electron chi connectivity index (χ4n) is 1.06. The molecule has 0 aromatic heterocycles. The Kier molecular flexibility index (Phi) is 6.35. The van der Waals surface area contributed by atoms with Crippen molar-refractivity contribution in [3.05, 3.63) is 0 Å². The molecule has 1 atom stereocenters. The fraction of sp³-hybridized carbons (Fsp3) is 1.00. The summed E-state index contributed by atoms with van der Waals surface area (Å²) in [6.07, 6.45) is 0.0546. The zero-order valence-corrected chi connectivity index (χ0v) is 10.8. The first-order valence-corrected chi connectivity index (χ1v) is 6.68. The van der Waals surface area contributed by atoms with E-state index in [1.807, 2.05) is 13.8 Å². The van der Waals surface area contributed by atoms with Crippen molar-refractivity contribution < 1.29 is 13.2 Å². The normalized spacial score (nSPS) is 14.9. The number of nitrogens with zero attached hydrogens (tertiary/aromatic N) is 1. The molecule has 15 heavy (non-hydrogen) atoms. The van der Waals surface area contributed by atoms with E-state index in [9.17, 15) is 8.42 Å². The van der Waals surface area contributed by atoms with Gasteiger partial charge in [0.2, 0.25) is 10.0 Å². The van der Waals surface area contributed by atoms with E-state index in [0.29, 0.717) is 6.54 Å². The Morgan fingerprint density at radius 2 is 1.87 bits per heavy atom. The molecule has 0 saturated heterocycles. The van der Waals surface area contributed by atoms with Gasteiger partial charge in [0.05, 0.1) is 18.5 Å². The second-order valence-electron chi connectivity index (χ2n) is 3.99. The van der Waals surface area contributed by atoms with Crippen molar-refractivity contribution in [3.63, 3.8) is 0 Å². The van der Waals surface area contributed by atoms with E-state index < -0.39 is 10.0 Å². The Balaban J connectivity index is 4.06. The lowest BCUT2D eigenvalue weighted by Gasteiger charge is -2.19. The zero-order valence-electron chi connectivity index (χ0n) is 9.93. The molecule has 0 heterocycles. The molecular formula is C9H22N2O3S. The van der Waals surface area contributed by atoms with Gasteiger partial charge in [0.15, 0.2) is 0 Å². The van der Waals surface area contributed by atoms with Gasteiger partial charge >= 0.3 is 0 Å². The Hall–Kier alpha value is -0.170. The molecule has 0 saturated carbocycles. The second-order valence-corrected chi connectivity index (χ2v) is 6.19. The van der Waals surface area contributed by atoms with Gasteiger partial charge in [0.1, 0.15) is 0 Å². The predicted octanol–water partition coefficient (Wildman–Crippen LogP) is 0.0202. The molecule has 0 aromatic rings. The SMILES string of the molecule is CC(N)CN(C)S(=O)(=O)CCOC(C)C. The highest BCUT2D eigenvalue weighted by Crippen LogP contribution is 2.00. The molecule has 2 N–H and O–H groups in total. The molecule has 0 radical (unpaired) electrons. The van der Waals surface area contributed by atoms with Crippen LogP contribution >= 0.6 is 0 Å². The number of hydrogen-bond acceptors (Lipinski definition) is 4. The summed E-state index contributed by atoms with van der Waals surface area (Å²) in [7, 11) is -1.69. The predicted molar refractivity (Wildman–Crippen MR) is 61.2 cm³/mol. The summed E-state index contributed by atoms with van der Waals surface area (Å²) < 4.78 is 29.8. The van der Waals surface area contributed by atoms with Crippen LogP contribution in [0.15, 0.2) is 0 Å². The van der Waals surface area contributed by atoms with Crippen LogP contribution in [0.5, 0.6) is 0 Å². The first-order chi connectivity index (χ1) is 6.75. The highest BCUT2D eigenvalue weighted by atomic mass is 32.2. The number of sulfonamides is 1. The van der Waals surface area contributed by atoms with E-state index in [-0.39, 0.29) is 24.5 Å². The van der Waals surface area contributed by atoms with E-state index in [4.69, 9.17) is 10.5 Å². The van der Waals surface area contributed by atoms with Crippen LogP contribution in [0.1, 0.15) is 20.8 Å². The van der Waals surface area contributed by atoms with Crippen LogP contribution in [0.25, 0.3) is 0 Å². The van der Waals surface area contributed by atoms with Gasteiger partial charge in [-0.25, -0.2) is 12.7 Å². The quantitative estimate of drug-likeness (QED) is 0.678. The Bertz CT molecular complexity index is 263. The summed E-state index contributed by atoms with van der Waals surface area (Å²) in [5, 5.41) is 0. The molecule has 0 aliphatic heterocycles. The van der Waals surface area contributed by atoms with Gasteiger partial charge < -0.3 is 10.5 Å². The molecule has 0 aromatic carbocycles. The van der Waals surface area contributed by atoms with Crippen LogP contribution in [-0.4, -0.2) is 50.8 Å². The summed E-state index contributed by atoms with van der Waals surface area (Å²) in [6, 6.07) is -0.157. The Morgan fingerprint density at radius 3 is 2.27 bits per heavy atom. The summed E-state index contributed by atoms with van der Waals surface area (Å²) in [5.74, 6) is 0.00833. The largest absolute Gasteiger partial charge is 0.378 e. The molecule has 5 nitrogen and oxygen atoms in total. The average molecular weight is 238 g/mol. The highest BCUT2D eigenvalue weighted by molar-refractivity contribution is 7.89. The van der Waals surface area contributed by atoms with Crippen molar-refractivity contribution in [1.82, 2.24) is 4.31 Å². The molecule has 0 bridgehead atoms. The smallest absolute Gasteiger partial charge is 0.216 e. The third-order valence-electron chi connectivity index (χ3n) is 1.81. The van der Waals surface area contributed by atoms with Crippen LogP contribution in [-0.2, 0) is 14.8 Å². The summed E-state index contributed by atoms with van der Waals surface area (Å²) in [4.78, 5) is 0. The van der Waals surface area contributed by atoms with E-state index >= 15 is 0 Å². The molecular weight excluding hydrogens is 216 g/mol. The van der Waals surface area contributed by atoms with Crippen molar-refractivity contribution in [1.29, 1.82) is 0 Å². The lowest BCUT2D eigenvalue weighted by Crippen LogP contribution is -2.39. The molecule has 1 unspecified atom stereocenters. The van der Waals surface area contributed by atoms with Crippen LogP contribution < -0.4 is 5.73 Å². The lowest BCUT2D eigenvalue weighted by atomic mass is 10.4. The van der Waals surface area contributed by atoms with Crippen molar-refractivity contribution >= 4 is 10.0 Å². The average Bonchev–Trinajstić information content (AvgIpc) is 2.01. The summed E-state index contributed by atoms with van der Waals surface area (Å²) >= 11 is 0. The topological polar surface area (TPSA) is 72.6 Å². The van der Waals surface area contributed by atoms with E-state index in [1.165, 1.54) is 11.4 Å². The Morgan fingerprint density at radius 1 is 1.33 bits per heavy atom. The molecule has 0 aliphatic rings. The van der Waals surface area contributed by atoms with Gasteiger partial charge in [-0.05, 0) is 20.8 Å².